The smallest absolute Gasteiger partial charge is 0.262 e. The van der Waals surface area contributed by atoms with Gasteiger partial charge in [0.05, 0.1) is 0 Å². The maximum Gasteiger partial charge on any atom is 0.262 e. The lowest BCUT2D eigenvalue weighted by molar-refractivity contribution is -0.117. The zero-order valence-electron chi connectivity index (χ0n) is 16.6. The highest BCUT2D eigenvalue weighted by atomic mass is 16.1. The van der Waals surface area contributed by atoms with Crippen molar-refractivity contribution in [3.8, 4) is 11.8 Å². The first-order valence-corrected chi connectivity index (χ1v) is 9.60. The van der Waals surface area contributed by atoms with Crippen LogP contribution in [0.25, 0.3) is 11.8 Å². The van der Waals surface area contributed by atoms with E-state index >= 15 is 0 Å². The van der Waals surface area contributed by atoms with E-state index < -0.39 is 0 Å². The predicted octanol–water partition coefficient (Wildman–Crippen LogP) is 4.68. The minimum atomic E-state index is -0.263. The number of nitrogens with zero attached hydrogens (tertiary/aromatic N) is 2. The van der Waals surface area contributed by atoms with Gasteiger partial charge in [-0.3, -0.25) is 4.79 Å². The number of nitrogens with one attached hydrogen (secondary N) is 1. The summed E-state index contributed by atoms with van der Waals surface area (Å²) >= 11 is 0. The van der Waals surface area contributed by atoms with Crippen molar-refractivity contribution in [1.29, 1.82) is 5.26 Å². The summed E-state index contributed by atoms with van der Waals surface area (Å²) in [7, 11) is 0. The maximum absolute atomic E-state index is 12.5. The molecule has 2 aromatic rings. The Morgan fingerprint density at radius 2 is 1.89 bits per heavy atom. The molecule has 27 heavy (non-hydrogen) atoms. The Balaban J connectivity index is 1.93. The van der Waals surface area contributed by atoms with Gasteiger partial charge >= 0.3 is 0 Å². The summed E-state index contributed by atoms with van der Waals surface area (Å²) in [5, 5.41) is 12.5. The molecule has 1 fully saturated rings. The van der Waals surface area contributed by atoms with Crippen LogP contribution in [0.15, 0.2) is 29.8 Å². The van der Waals surface area contributed by atoms with Crippen molar-refractivity contribution in [3.63, 3.8) is 0 Å². The molecule has 1 saturated carbocycles. The molecule has 0 aliphatic heterocycles. The number of hydrogen-bond acceptors (Lipinski definition) is 2. The Hall–Kier alpha value is -2.80. The number of hydrogen-bond donors (Lipinski definition) is 1. The highest BCUT2D eigenvalue weighted by molar-refractivity contribution is 6.02. The Bertz CT molecular complexity index is 937. The molecule has 1 aliphatic rings. The van der Waals surface area contributed by atoms with Gasteiger partial charge in [0, 0.05) is 23.1 Å². The summed E-state index contributed by atoms with van der Waals surface area (Å²) in [5.74, 6) is -0.263. The van der Waals surface area contributed by atoms with E-state index in [9.17, 15) is 10.1 Å². The maximum atomic E-state index is 12.5. The highest BCUT2D eigenvalue weighted by Gasteiger charge is 2.20. The molecule has 0 unspecified atom stereocenters. The summed E-state index contributed by atoms with van der Waals surface area (Å²) in [6.07, 6.45) is 6.02. The van der Waals surface area contributed by atoms with E-state index in [1.165, 1.54) is 11.1 Å². The molecule has 140 valence electrons. The van der Waals surface area contributed by atoms with Crippen LogP contribution in [0.4, 0.5) is 0 Å². The monoisotopic (exact) mass is 361 g/mol. The van der Waals surface area contributed by atoms with Crippen molar-refractivity contribution in [3.05, 3.63) is 57.9 Å². The summed E-state index contributed by atoms with van der Waals surface area (Å²) < 4.78 is 2.18. The summed E-state index contributed by atoms with van der Waals surface area (Å²) in [5.41, 5.74) is 6.75. The van der Waals surface area contributed by atoms with Crippen molar-refractivity contribution in [2.24, 2.45) is 0 Å². The fraction of sp³-hybridized carbons (Fsp3) is 0.391. The number of carbonyl (C=O) groups is 1. The normalized spacial score (nSPS) is 15.0. The van der Waals surface area contributed by atoms with Crippen LogP contribution >= 0.6 is 0 Å². The second kappa shape index (κ2) is 7.84. The zero-order valence-corrected chi connectivity index (χ0v) is 16.6. The quantitative estimate of drug-likeness (QED) is 0.635. The fourth-order valence-electron chi connectivity index (χ4n) is 4.00. The van der Waals surface area contributed by atoms with Crippen LogP contribution < -0.4 is 5.32 Å². The molecule has 1 heterocycles. The molecule has 1 aromatic carbocycles. The third kappa shape index (κ3) is 3.98. The standard InChI is InChI=1S/C23H27N3O/c1-15-9-10-22(16(2)11-15)26-17(3)12-19(18(26)4)13-20(14-24)23(27)25-21-7-5-6-8-21/h9-13,21H,5-8H2,1-4H3,(H,25,27)/b20-13-. The predicted molar refractivity (Wildman–Crippen MR) is 109 cm³/mol. The molecular weight excluding hydrogens is 334 g/mol. The van der Waals surface area contributed by atoms with Gasteiger partial charge in [-0.25, -0.2) is 0 Å². The molecule has 1 aliphatic carbocycles. The summed E-state index contributed by atoms with van der Waals surface area (Å²) in [6, 6.07) is 10.7. The number of aromatic nitrogens is 1. The van der Waals surface area contributed by atoms with Gasteiger partial charge in [-0.05, 0) is 69.9 Å². The van der Waals surface area contributed by atoms with Crippen LogP contribution in [0, 0.1) is 39.0 Å². The lowest BCUT2D eigenvalue weighted by Gasteiger charge is -2.13. The van der Waals surface area contributed by atoms with E-state index in [1.807, 2.05) is 19.9 Å². The van der Waals surface area contributed by atoms with Crippen LogP contribution in [0.3, 0.4) is 0 Å². The number of rotatable bonds is 4. The van der Waals surface area contributed by atoms with Gasteiger partial charge in [-0.2, -0.15) is 5.26 Å². The molecule has 0 bridgehead atoms. The Kier molecular flexibility index (Phi) is 5.51. The molecule has 4 nitrogen and oxygen atoms in total. The Labute approximate surface area is 161 Å². The van der Waals surface area contributed by atoms with Crippen LogP contribution in [-0.2, 0) is 4.79 Å². The van der Waals surface area contributed by atoms with Crippen LogP contribution in [0.1, 0.15) is 53.8 Å². The van der Waals surface area contributed by atoms with E-state index in [0.717, 1.165) is 48.3 Å². The van der Waals surface area contributed by atoms with Gasteiger partial charge < -0.3 is 9.88 Å². The number of nitriles is 1. The first kappa shape index (κ1) is 19.0. The third-order valence-electron chi connectivity index (χ3n) is 5.42. The van der Waals surface area contributed by atoms with Crippen molar-refractivity contribution in [1.82, 2.24) is 9.88 Å². The Morgan fingerprint density at radius 1 is 1.19 bits per heavy atom. The van der Waals surface area contributed by atoms with Crippen molar-refractivity contribution >= 4 is 12.0 Å². The van der Waals surface area contributed by atoms with Gasteiger partial charge in [-0.1, -0.05) is 30.5 Å². The molecule has 1 N–H and O–H groups in total. The number of aryl methyl sites for hydroxylation is 3. The van der Waals surface area contributed by atoms with Crippen LogP contribution in [-0.4, -0.2) is 16.5 Å². The molecule has 0 atom stereocenters. The summed E-state index contributed by atoms with van der Waals surface area (Å²) in [6.45, 7) is 8.27. The second-order valence-electron chi connectivity index (χ2n) is 7.58. The van der Waals surface area contributed by atoms with Crippen molar-refractivity contribution < 1.29 is 4.79 Å². The molecule has 1 amide bonds. The van der Waals surface area contributed by atoms with Crippen molar-refractivity contribution in [2.45, 2.75) is 59.4 Å². The third-order valence-corrected chi connectivity index (χ3v) is 5.42. The van der Waals surface area contributed by atoms with E-state index in [1.54, 1.807) is 6.08 Å². The van der Waals surface area contributed by atoms with Crippen LogP contribution in [0.2, 0.25) is 0 Å². The molecule has 0 radical (unpaired) electrons. The van der Waals surface area contributed by atoms with E-state index in [4.69, 9.17) is 0 Å². The van der Waals surface area contributed by atoms with E-state index in [2.05, 4.69) is 48.0 Å². The van der Waals surface area contributed by atoms with Crippen LogP contribution in [0.5, 0.6) is 0 Å². The first-order valence-electron chi connectivity index (χ1n) is 9.60. The fourth-order valence-corrected chi connectivity index (χ4v) is 4.00. The minimum Gasteiger partial charge on any atom is -0.349 e. The van der Waals surface area contributed by atoms with Gasteiger partial charge in [0.25, 0.3) is 5.91 Å². The lowest BCUT2D eigenvalue weighted by atomic mass is 10.1. The second-order valence-corrected chi connectivity index (χ2v) is 7.58. The summed E-state index contributed by atoms with van der Waals surface area (Å²) in [4.78, 5) is 12.5. The number of carbonyl (C=O) groups excluding carboxylic acids is 1. The zero-order chi connectivity index (χ0) is 19.6. The first-order chi connectivity index (χ1) is 12.9. The number of amides is 1. The molecule has 4 heteroatoms. The number of benzene rings is 1. The molecule has 0 spiro atoms. The van der Waals surface area contributed by atoms with E-state index in [0.29, 0.717) is 0 Å². The Morgan fingerprint density at radius 3 is 2.52 bits per heavy atom. The largest absolute Gasteiger partial charge is 0.349 e. The van der Waals surface area contributed by atoms with Gasteiger partial charge in [0.2, 0.25) is 0 Å². The minimum absolute atomic E-state index is 0.169. The SMILES string of the molecule is Cc1ccc(-n2c(C)cc(/C=C(/C#N)C(=O)NC3CCCC3)c2C)c(C)c1. The lowest BCUT2D eigenvalue weighted by Crippen LogP contribution is -2.33. The average Bonchev–Trinajstić information content (AvgIpc) is 3.22. The average molecular weight is 361 g/mol. The highest BCUT2D eigenvalue weighted by Crippen LogP contribution is 2.25. The topological polar surface area (TPSA) is 57.8 Å². The van der Waals surface area contributed by atoms with Gasteiger partial charge in [0.1, 0.15) is 11.6 Å². The molecule has 1 aromatic heterocycles. The van der Waals surface area contributed by atoms with Gasteiger partial charge in [0.15, 0.2) is 0 Å². The molecule has 0 saturated heterocycles. The van der Waals surface area contributed by atoms with Crippen molar-refractivity contribution in [2.75, 3.05) is 0 Å². The molecule has 3 rings (SSSR count). The molecular formula is C23H27N3O. The van der Waals surface area contributed by atoms with Gasteiger partial charge in [-0.15, -0.1) is 0 Å². The van der Waals surface area contributed by atoms with E-state index in [-0.39, 0.29) is 17.5 Å².